The van der Waals surface area contributed by atoms with Gasteiger partial charge in [-0.25, -0.2) is 0 Å². The fraction of sp³-hybridized carbons (Fsp3) is 0.0500. The quantitative estimate of drug-likeness (QED) is 0.495. The zero-order valence-corrected chi connectivity index (χ0v) is 12.0. The second-order valence-corrected chi connectivity index (χ2v) is 5.43. The highest BCUT2D eigenvalue weighted by molar-refractivity contribution is 6.10. The van der Waals surface area contributed by atoms with Crippen LogP contribution in [-0.2, 0) is 6.42 Å². The van der Waals surface area contributed by atoms with Gasteiger partial charge >= 0.3 is 0 Å². The molecule has 0 atom stereocenters. The van der Waals surface area contributed by atoms with E-state index in [2.05, 4.69) is 0 Å². The zero-order valence-electron chi connectivity index (χ0n) is 12.0. The summed E-state index contributed by atoms with van der Waals surface area (Å²) in [5.74, 6) is 0.0835. The first-order valence-electron chi connectivity index (χ1n) is 7.28. The van der Waals surface area contributed by atoms with Crippen molar-refractivity contribution >= 4 is 27.5 Å². The molecule has 4 aromatic rings. The molecule has 0 radical (unpaired) electrons. The summed E-state index contributed by atoms with van der Waals surface area (Å²) in [7, 11) is 0. The van der Waals surface area contributed by atoms with Gasteiger partial charge in [-0.3, -0.25) is 4.79 Å². The van der Waals surface area contributed by atoms with E-state index in [4.69, 9.17) is 4.42 Å². The van der Waals surface area contributed by atoms with Crippen LogP contribution in [0, 0.1) is 0 Å². The molecule has 0 amide bonds. The average molecular weight is 286 g/mol. The predicted octanol–water partition coefficient (Wildman–Crippen LogP) is 5.01. The van der Waals surface area contributed by atoms with Crippen LogP contribution >= 0.6 is 0 Å². The van der Waals surface area contributed by atoms with Gasteiger partial charge in [0.15, 0.2) is 5.78 Å². The molecule has 0 aliphatic heterocycles. The summed E-state index contributed by atoms with van der Waals surface area (Å²) in [6.45, 7) is 0. The third kappa shape index (κ3) is 2.19. The summed E-state index contributed by atoms with van der Waals surface area (Å²) < 4.78 is 5.60. The predicted molar refractivity (Wildman–Crippen MR) is 88.2 cm³/mol. The van der Waals surface area contributed by atoms with E-state index in [0.29, 0.717) is 12.0 Å². The molecule has 2 heteroatoms. The number of hydrogen-bond donors (Lipinski definition) is 0. The number of benzene rings is 3. The molecule has 0 spiro atoms. The molecule has 0 aliphatic rings. The van der Waals surface area contributed by atoms with E-state index >= 15 is 0 Å². The van der Waals surface area contributed by atoms with Crippen molar-refractivity contribution < 1.29 is 9.21 Å². The molecule has 0 aliphatic carbocycles. The average Bonchev–Trinajstić information content (AvgIpc) is 2.96. The lowest BCUT2D eigenvalue weighted by Gasteiger charge is -2.01. The summed E-state index contributed by atoms with van der Waals surface area (Å²) in [6, 6.07) is 21.9. The van der Waals surface area contributed by atoms with Crippen LogP contribution in [0.5, 0.6) is 0 Å². The van der Waals surface area contributed by atoms with E-state index in [1.165, 1.54) is 0 Å². The van der Waals surface area contributed by atoms with Gasteiger partial charge in [-0.1, -0.05) is 54.6 Å². The van der Waals surface area contributed by atoms with Gasteiger partial charge in [-0.15, -0.1) is 0 Å². The summed E-state index contributed by atoms with van der Waals surface area (Å²) in [5, 5.41) is 3.12. The van der Waals surface area contributed by atoms with Crippen LogP contribution in [0.15, 0.2) is 77.4 Å². The minimum atomic E-state index is 0.0835. The maximum atomic E-state index is 12.6. The van der Waals surface area contributed by atoms with Gasteiger partial charge in [0.2, 0.25) is 0 Å². The summed E-state index contributed by atoms with van der Waals surface area (Å²) in [4.78, 5) is 12.6. The third-order valence-corrected chi connectivity index (χ3v) is 3.95. The SMILES string of the molecule is O=C(Cc1ccccc1)c1coc2cc3ccccc3cc12. The van der Waals surface area contributed by atoms with Gasteiger partial charge < -0.3 is 4.42 Å². The van der Waals surface area contributed by atoms with Gasteiger partial charge in [0.05, 0.1) is 5.56 Å². The van der Waals surface area contributed by atoms with Crippen molar-refractivity contribution in [1.29, 1.82) is 0 Å². The van der Waals surface area contributed by atoms with E-state index in [0.717, 1.165) is 27.3 Å². The fourth-order valence-electron chi connectivity index (χ4n) is 2.81. The number of ketones is 1. The molecule has 0 saturated carbocycles. The molecule has 4 rings (SSSR count). The van der Waals surface area contributed by atoms with Crippen molar-refractivity contribution in [3.63, 3.8) is 0 Å². The molecule has 0 saturated heterocycles. The minimum absolute atomic E-state index is 0.0835. The van der Waals surface area contributed by atoms with Gasteiger partial charge in [-0.05, 0) is 28.5 Å². The molecular weight excluding hydrogens is 272 g/mol. The molecule has 106 valence electrons. The van der Waals surface area contributed by atoms with Crippen LogP contribution in [0.3, 0.4) is 0 Å². The molecule has 1 heterocycles. The van der Waals surface area contributed by atoms with Crippen molar-refractivity contribution in [2.45, 2.75) is 6.42 Å². The minimum Gasteiger partial charge on any atom is -0.464 e. The lowest BCUT2D eigenvalue weighted by atomic mass is 10.0. The number of carbonyl (C=O) groups excluding carboxylic acids is 1. The van der Waals surface area contributed by atoms with E-state index in [-0.39, 0.29) is 5.78 Å². The van der Waals surface area contributed by atoms with Crippen LogP contribution in [0.25, 0.3) is 21.7 Å². The first kappa shape index (κ1) is 12.8. The highest BCUT2D eigenvalue weighted by atomic mass is 16.3. The normalized spacial score (nSPS) is 11.1. The fourth-order valence-corrected chi connectivity index (χ4v) is 2.81. The van der Waals surface area contributed by atoms with Crippen molar-refractivity contribution in [2.75, 3.05) is 0 Å². The van der Waals surface area contributed by atoms with Gasteiger partial charge in [-0.2, -0.15) is 0 Å². The monoisotopic (exact) mass is 286 g/mol. The molecule has 0 bridgehead atoms. The molecule has 0 N–H and O–H groups in total. The first-order chi connectivity index (χ1) is 10.8. The Morgan fingerprint density at radius 1 is 0.864 bits per heavy atom. The first-order valence-corrected chi connectivity index (χ1v) is 7.28. The maximum absolute atomic E-state index is 12.6. The van der Waals surface area contributed by atoms with E-state index in [1.807, 2.05) is 66.7 Å². The lowest BCUT2D eigenvalue weighted by molar-refractivity contribution is 0.0993. The van der Waals surface area contributed by atoms with Crippen LogP contribution in [0.1, 0.15) is 15.9 Å². The summed E-state index contributed by atoms with van der Waals surface area (Å²) in [5.41, 5.74) is 2.43. The Kier molecular flexibility index (Phi) is 3.01. The Hall–Kier alpha value is -2.87. The van der Waals surface area contributed by atoms with Crippen molar-refractivity contribution in [3.8, 4) is 0 Å². The maximum Gasteiger partial charge on any atom is 0.171 e. The number of fused-ring (bicyclic) bond motifs is 2. The summed E-state index contributed by atoms with van der Waals surface area (Å²) >= 11 is 0. The van der Waals surface area contributed by atoms with Crippen LogP contribution in [-0.4, -0.2) is 5.78 Å². The van der Waals surface area contributed by atoms with Crippen molar-refractivity contribution in [1.82, 2.24) is 0 Å². The Morgan fingerprint density at radius 3 is 2.32 bits per heavy atom. The molecule has 0 fully saturated rings. The summed E-state index contributed by atoms with van der Waals surface area (Å²) in [6.07, 6.45) is 1.97. The van der Waals surface area contributed by atoms with Crippen LogP contribution in [0.2, 0.25) is 0 Å². The van der Waals surface area contributed by atoms with E-state index < -0.39 is 0 Å². The number of Topliss-reactive ketones (excluding diaryl/α,β-unsaturated/α-hetero) is 1. The number of furan rings is 1. The highest BCUT2D eigenvalue weighted by Crippen LogP contribution is 2.27. The smallest absolute Gasteiger partial charge is 0.171 e. The lowest BCUT2D eigenvalue weighted by Crippen LogP contribution is -2.02. The van der Waals surface area contributed by atoms with Gasteiger partial charge in [0, 0.05) is 11.8 Å². The van der Waals surface area contributed by atoms with Gasteiger partial charge in [0.1, 0.15) is 11.8 Å². The molecular formula is C20H14O2. The molecule has 3 aromatic carbocycles. The highest BCUT2D eigenvalue weighted by Gasteiger charge is 2.14. The Labute approximate surface area is 128 Å². The number of hydrogen-bond acceptors (Lipinski definition) is 2. The van der Waals surface area contributed by atoms with Gasteiger partial charge in [0.25, 0.3) is 0 Å². The molecule has 22 heavy (non-hydrogen) atoms. The second kappa shape index (κ2) is 5.15. The number of rotatable bonds is 3. The van der Waals surface area contributed by atoms with E-state index in [1.54, 1.807) is 6.26 Å². The van der Waals surface area contributed by atoms with Crippen LogP contribution in [0.4, 0.5) is 0 Å². The van der Waals surface area contributed by atoms with E-state index in [9.17, 15) is 4.79 Å². The van der Waals surface area contributed by atoms with Crippen molar-refractivity contribution in [3.05, 3.63) is 84.1 Å². The second-order valence-electron chi connectivity index (χ2n) is 5.43. The Bertz CT molecular complexity index is 965. The zero-order chi connectivity index (χ0) is 14.9. The standard InChI is InChI=1S/C20H14O2/c21-19(10-14-6-2-1-3-7-14)18-13-22-20-12-16-9-5-4-8-15(16)11-17(18)20/h1-9,11-13H,10H2. The molecule has 0 unspecified atom stereocenters. The molecule has 2 nitrogen and oxygen atoms in total. The Morgan fingerprint density at radius 2 is 1.55 bits per heavy atom. The topological polar surface area (TPSA) is 30.2 Å². The third-order valence-electron chi connectivity index (χ3n) is 3.95. The van der Waals surface area contributed by atoms with Crippen molar-refractivity contribution in [2.24, 2.45) is 0 Å². The van der Waals surface area contributed by atoms with Crippen LogP contribution < -0.4 is 0 Å². The number of carbonyl (C=O) groups is 1. The Balaban J connectivity index is 1.78. The molecule has 1 aromatic heterocycles. The largest absolute Gasteiger partial charge is 0.464 e.